The summed E-state index contributed by atoms with van der Waals surface area (Å²) in [6, 6.07) is 0.0530. The van der Waals surface area contributed by atoms with Gasteiger partial charge in [-0.05, 0) is 39.0 Å². The number of carboxylic acids is 1. The molecule has 21 heavy (non-hydrogen) atoms. The molecule has 1 aliphatic heterocycles. The van der Waals surface area contributed by atoms with Crippen molar-refractivity contribution >= 4 is 12.0 Å². The van der Waals surface area contributed by atoms with Crippen molar-refractivity contribution in [2.24, 2.45) is 5.92 Å². The smallest absolute Gasteiger partial charge is 0.320 e. The van der Waals surface area contributed by atoms with Gasteiger partial charge in [-0.3, -0.25) is 4.79 Å². The van der Waals surface area contributed by atoms with Gasteiger partial charge in [-0.25, -0.2) is 4.79 Å². The van der Waals surface area contributed by atoms with Crippen LogP contribution in [0.4, 0.5) is 4.79 Å². The molecule has 6 heteroatoms. The van der Waals surface area contributed by atoms with Gasteiger partial charge in [-0.1, -0.05) is 0 Å². The summed E-state index contributed by atoms with van der Waals surface area (Å²) in [7, 11) is 0. The van der Waals surface area contributed by atoms with Crippen LogP contribution < -0.4 is 0 Å². The van der Waals surface area contributed by atoms with Gasteiger partial charge in [-0.15, -0.1) is 0 Å². The number of hydrogen-bond donors (Lipinski definition) is 1. The molecular formula is C15H28N2O4. The highest BCUT2D eigenvalue weighted by Gasteiger charge is 2.26. The fraction of sp³-hybridized carbons (Fsp3) is 0.867. The van der Waals surface area contributed by atoms with Gasteiger partial charge >= 0.3 is 12.0 Å². The first-order valence-electron chi connectivity index (χ1n) is 7.91. The summed E-state index contributed by atoms with van der Waals surface area (Å²) >= 11 is 0. The number of hydrogen-bond acceptors (Lipinski definition) is 3. The summed E-state index contributed by atoms with van der Waals surface area (Å²) in [5, 5.41) is 8.76. The second-order valence-electron chi connectivity index (χ2n) is 5.45. The summed E-state index contributed by atoms with van der Waals surface area (Å²) in [5.74, 6) is -0.449. The standard InChI is InChI=1S/C15H28N2O4/c1-3-16(10-11-21-4-2)15(20)17-9-5-6-13(12-17)7-8-14(18)19/h13H,3-12H2,1-2H3,(H,18,19). The number of likely N-dealkylation sites (tertiary alicyclic amines) is 1. The first kappa shape index (κ1) is 17.8. The van der Waals surface area contributed by atoms with Crippen molar-refractivity contribution < 1.29 is 19.4 Å². The van der Waals surface area contributed by atoms with Gasteiger partial charge in [0.2, 0.25) is 0 Å². The van der Waals surface area contributed by atoms with E-state index < -0.39 is 5.97 Å². The average molecular weight is 300 g/mol. The molecule has 2 amide bonds. The molecule has 0 radical (unpaired) electrons. The molecule has 0 aromatic carbocycles. The Labute approximate surface area is 127 Å². The van der Waals surface area contributed by atoms with Crippen LogP contribution >= 0.6 is 0 Å². The average Bonchev–Trinajstić information content (AvgIpc) is 2.49. The molecule has 122 valence electrons. The third-order valence-electron chi connectivity index (χ3n) is 3.92. The van der Waals surface area contributed by atoms with E-state index in [1.807, 2.05) is 18.7 Å². The lowest BCUT2D eigenvalue weighted by Crippen LogP contribution is -2.48. The molecular weight excluding hydrogens is 272 g/mol. The second-order valence-corrected chi connectivity index (χ2v) is 5.45. The summed E-state index contributed by atoms with van der Waals surface area (Å²) in [5.41, 5.74) is 0. The fourth-order valence-corrected chi connectivity index (χ4v) is 2.71. The first-order chi connectivity index (χ1) is 10.1. The highest BCUT2D eigenvalue weighted by atomic mass is 16.5. The molecule has 1 heterocycles. The number of rotatable bonds is 8. The fourth-order valence-electron chi connectivity index (χ4n) is 2.71. The molecule has 0 spiro atoms. The topological polar surface area (TPSA) is 70.1 Å². The number of aliphatic carboxylic acids is 1. The highest BCUT2D eigenvalue weighted by molar-refractivity contribution is 5.74. The van der Waals surface area contributed by atoms with E-state index in [0.29, 0.717) is 45.2 Å². The summed E-state index contributed by atoms with van der Waals surface area (Å²) in [4.78, 5) is 26.8. The predicted octanol–water partition coefficient (Wildman–Crippen LogP) is 2.04. The maximum atomic E-state index is 12.5. The zero-order valence-corrected chi connectivity index (χ0v) is 13.2. The number of nitrogens with zero attached hydrogens (tertiary/aromatic N) is 2. The van der Waals surface area contributed by atoms with Gasteiger partial charge in [0.25, 0.3) is 0 Å². The van der Waals surface area contributed by atoms with Gasteiger partial charge in [0.15, 0.2) is 0 Å². The molecule has 1 saturated heterocycles. The number of likely N-dealkylation sites (N-methyl/N-ethyl adjacent to an activating group) is 1. The van der Waals surface area contributed by atoms with Crippen molar-refractivity contribution in [3.05, 3.63) is 0 Å². The quantitative estimate of drug-likeness (QED) is 0.696. The third-order valence-corrected chi connectivity index (χ3v) is 3.92. The van der Waals surface area contributed by atoms with Crippen LogP contribution in [-0.2, 0) is 9.53 Å². The molecule has 1 atom stereocenters. The Balaban J connectivity index is 2.45. The lowest BCUT2D eigenvalue weighted by molar-refractivity contribution is -0.137. The minimum Gasteiger partial charge on any atom is -0.481 e. The monoisotopic (exact) mass is 300 g/mol. The van der Waals surface area contributed by atoms with Crippen molar-refractivity contribution in [1.82, 2.24) is 9.80 Å². The zero-order chi connectivity index (χ0) is 15.7. The van der Waals surface area contributed by atoms with Crippen molar-refractivity contribution in [3.63, 3.8) is 0 Å². The van der Waals surface area contributed by atoms with E-state index in [-0.39, 0.29) is 12.5 Å². The SMILES string of the molecule is CCOCCN(CC)C(=O)N1CCCC(CCC(=O)O)C1. The Morgan fingerprint density at radius 1 is 1.38 bits per heavy atom. The lowest BCUT2D eigenvalue weighted by Gasteiger charge is -2.36. The molecule has 6 nitrogen and oxygen atoms in total. The third kappa shape index (κ3) is 6.33. The van der Waals surface area contributed by atoms with Crippen molar-refractivity contribution in [3.8, 4) is 0 Å². The highest BCUT2D eigenvalue weighted by Crippen LogP contribution is 2.21. The minimum atomic E-state index is -0.759. The molecule has 1 unspecified atom stereocenters. The van der Waals surface area contributed by atoms with Crippen molar-refractivity contribution in [2.75, 3.05) is 39.4 Å². The van der Waals surface area contributed by atoms with E-state index in [2.05, 4.69) is 0 Å². The van der Waals surface area contributed by atoms with Crippen molar-refractivity contribution in [2.45, 2.75) is 39.5 Å². The maximum Gasteiger partial charge on any atom is 0.320 e. The molecule has 0 saturated carbocycles. The van der Waals surface area contributed by atoms with Crippen LogP contribution in [-0.4, -0.2) is 66.3 Å². The summed E-state index contributed by atoms with van der Waals surface area (Å²) in [6.07, 6.45) is 2.82. The summed E-state index contributed by atoms with van der Waals surface area (Å²) < 4.78 is 5.31. The van der Waals surface area contributed by atoms with E-state index in [1.165, 1.54) is 0 Å². The Bertz CT molecular complexity index is 336. The Morgan fingerprint density at radius 3 is 2.76 bits per heavy atom. The Morgan fingerprint density at radius 2 is 2.14 bits per heavy atom. The number of carbonyl (C=O) groups is 2. The number of piperidine rings is 1. The van der Waals surface area contributed by atoms with Crippen LogP contribution in [0.25, 0.3) is 0 Å². The van der Waals surface area contributed by atoms with E-state index in [0.717, 1.165) is 19.4 Å². The van der Waals surface area contributed by atoms with Gasteiger partial charge in [-0.2, -0.15) is 0 Å². The largest absolute Gasteiger partial charge is 0.481 e. The Kier molecular flexibility index (Phi) is 8.12. The zero-order valence-electron chi connectivity index (χ0n) is 13.2. The van der Waals surface area contributed by atoms with E-state index in [1.54, 1.807) is 4.90 Å². The molecule has 0 bridgehead atoms. The van der Waals surface area contributed by atoms with Crippen LogP contribution in [0.5, 0.6) is 0 Å². The molecule has 0 aromatic rings. The van der Waals surface area contributed by atoms with E-state index in [9.17, 15) is 9.59 Å². The number of carboxylic acid groups (broad SMARTS) is 1. The van der Waals surface area contributed by atoms with Crippen molar-refractivity contribution in [1.29, 1.82) is 0 Å². The number of carbonyl (C=O) groups excluding carboxylic acids is 1. The minimum absolute atomic E-state index is 0.0530. The second kappa shape index (κ2) is 9.60. The van der Waals surface area contributed by atoms with Gasteiger partial charge < -0.3 is 19.6 Å². The van der Waals surface area contributed by atoms with Gasteiger partial charge in [0, 0.05) is 39.2 Å². The number of urea groups is 1. The summed E-state index contributed by atoms with van der Waals surface area (Å²) in [6.45, 7) is 7.86. The number of amides is 2. The maximum absolute atomic E-state index is 12.5. The normalized spacial score (nSPS) is 18.6. The number of ether oxygens (including phenoxy) is 1. The molecule has 1 N–H and O–H groups in total. The lowest BCUT2D eigenvalue weighted by atomic mass is 9.93. The van der Waals surface area contributed by atoms with E-state index in [4.69, 9.17) is 9.84 Å². The van der Waals surface area contributed by atoms with Crippen LogP contribution in [0.2, 0.25) is 0 Å². The predicted molar refractivity (Wildman–Crippen MR) is 80.3 cm³/mol. The molecule has 0 aromatic heterocycles. The van der Waals surface area contributed by atoms with Gasteiger partial charge in [0.05, 0.1) is 6.61 Å². The van der Waals surface area contributed by atoms with Crippen LogP contribution in [0.1, 0.15) is 39.5 Å². The first-order valence-corrected chi connectivity index (χ1v) is 7.91. The molecule has 1 aliphatic rings. The molecule has 0 aliphatic carbocycles. The van der Waals surface area contributed by atoms with Crippen LogP contribution in [0.15, 0.2) is 0 Å². The van der Waals surface area contributed by atoms with E-state index >= 15 is 0 Å². The molecule has 1 fully saturated rings. The van der Waals surface area contributed by atoms with Gasteiger partial charge in [0.1, 0.15) is 0 Å². The molecule has 1 rings (SSSR count). The van der Waals surface area contributed by atoms with Crippen LogP contribution in [0, 0.1) is 5.92 Å². The Hall–Kier alpha value is -1.30. The van der Waals surface area contributed by atoms with Crippen LogP contribution in [0.3, 0.4) is 0 Å².